The van der Waals surface area contributed by atoms with Gasteiger partial charge in [0.1, 0.15) is 9.88 Å². The fourth-order valence-electron chi connectivity index (χ4n) is 2.02. The van der Waals surface area contributed by atoms with Crippen molar-refractivity contribution in [1.29, 1.82) is 0 Å². The molecule has 3 aromatic rings. The van der Waals surface area contributed by atoms with Crippen LogP contribution in [-0.2, 0) is 0 Å². The number of thiazole rings is 1. The first-order valence-electron chi connectivity index (χ1n) is 6.45. The number of nitro benzene ring substituents is 1. The number of hydrogen-bond donors (Lipinski definition) is 1. The Morgan fingerprint density at radius 3 is 2.30 bits per heavy atom. The molecule has 1 aromatic carbocycles. The van der Waals surface area contributed by atoms with Crippen LogP contribution >= 0.6 is 11.3 Å². The predicted octanol–water partition coefficient (Wildman–Crippen LogP) is 3.48. The van der Waals surface area contributed by atoms with Crippen LogP contribution in [-0.4, -0.2) is 26.0 Å². The molecule has 0 unspecified atom stereocenters. The molecule has 0 aliphatic carbocycles. The van der Waals surface area contributed by atoms with Crippen molar-refractivity contribution in [3.05, 3.63) is 63.8 Å². The number of hydrogen-bond acceptors (Lipinski definition) is 6. The van der Waals surface area contributed by atoms with E-state index in [4.69, 9.17) is 0 Å². The van der Waals surface area contributed by atoms with Gasteiger partial charge in [0.2, 0.25) is 0 Å². The van der Waals surface area contributed by atoms with Crippen molar-refractivity contribution in [2.24, 2.45) is 0 Å². The first kappa shape index (κ1) is 14.8. The summed E-state index contributed by atoms with van der Waals surface area (Å²) in [7, 11) is 0. The molecule has 0 aliphatic heterocycles. The lowest BCUT2D eigenvalue weighted by molar-refractivity contribution is -0.384. The Morgan fingerprint density at radius 2 is 1.74 bits per heavy atom. The van der Waals surface area contributed by atoms with Crippen LogP contribution in [0.2, 0.25) is 0 Å². The molecule has 0 atom stereocenters. The monoisotopic (exact) mass is 327 g/mol. The van der Waals surface area contributed by atoms with Gasteiger partial charge in [-0.3, -0.25) is 15.1 Å². The molecule has 114 valence electrons. The summed E-state index contributed by atoms with van der Waals surface area (Å²) in [6, 6.07) is 9.12. The van der Waals surface area contributed by atoms with E-state index in [9.17, 15) is 20.0 Å². The predicted molar refractivity (Wildman–Crippen MR) is 84.4 cm³/mol. The van der Waals surface area contributed by atoms with Crippen LogP contribution in [0.3, 0.4) is 0 Å². The zero-order chi connectivity index (χ0) is 16.4. The zero-order valence-electron chi connectivity index (χ0n) is 11.5. The highest BCUT2D eigenvalue weighted by Gasteiger charge is 2.20. The van der Waals surface area contributed by atoms with Gasteiger partial charge in [-0.2, -0.15) is 0 Å². The van der Waals surface area contributed by atoms with E-state index in [0.29, 0.717) is 16.3 Å². The Morgan fingerprint density at radius 1 is 1.09 bits per heavy atom. The number of aromatic carboxylic acids is 1. The number of rotatable bonds is 4. The number of non-ortho nitro benzene ring substituents is 1. The topological polar surface area (TPSA) is 106 Å². The van der Waals surface area contributed by atoms with Crippen molar-refractivity contribution in [2.45, 2.75) is 0 Å². The lowest BCUT2D eigenvalue weighted by Crippen LogP contribution is -1.95. The maximum atomic E-state index is 11.5. The Hall–Kier alpha value is -3.13. The van der Waals surface area contributed by atoms with E-state index in [-0.39, 0.29) is 10.6 Å². The van der Waals surface area contributed by atoms with Crippen molar-refractivity contribution in [2.75, 3.05) is 0 Å². The van der Waals surface area contributed by atoms with Crippen LogP contribution in [0.15, 0.2) is 48.8 Å². The quantitative estimate of drug-likeness (QED) is 0.581. The molecule has 0 aliphatic rings. The molecule has 3 rings (SSSR count). The Kier molecular flexibility index (Phi) is 3.82. The van der Waals surface area contributed by atoms with Crippen LogP contribution in [0, 0.1) is 10.1 Å². The normalized spacial score (nSPS) is 10.4. The molecule has 0 saturated carbocycles. The summed E-state index contributed by atoms with van der Waals surface area (Å²) in [6.45, 7) is 0. The fourth-order valence-corrected chi connectivity index (χ4v) is 2.95. The molecule has 23 heavy (non-hydrogen) atoms. The molecule has 0 spiro atoms. The second kappa shape index (κ2) is 5.93. The molecule has 2 aromatic heterocycles. The van der Waals surface area contributed by atoms with E-state index in [0.717, 1.165) is 16.9 Å². The van der Waals surface area contributed by atoms with E-state index >= 15 is 0 Å². The van der Waals surface area contributed by atoms with Crippen molar-refractivity contribution < 1.29 is 14.8 Å². The molecule has 0 saturated heterocycles. The van der Waals surface area contributed by atoms with Gasteiger partial charge in [-0.05, 0) is 24.3 Å². The summed E-state index contributed by atoms with van der Waals surface area (Å²) in [5.74, 6) is -1.09. The average molecular weight is 327 g/mol. The third-order valence-electron chi connectivity index (χ3n) is 3.10. The number of carboxylic acids is 1. The number of nitro groups is 1. The van der Waals surface area contributed by atoms with Gasteiger partial charge in [-0.1, -0.05) is 0 Å². The van der Waals surface area contributed by atoms with Gasteiger partial charge in [0.25, 0.3) is 5.69 Å². The number of carbonyl (C=O) groups is 1. The smallest absolute Gasteiger partial charge is 0.348 e. The minimum absolute atomic E-state index is 0.0600. The Balaban J connectivity index is 2.09. The van der Waals surface area contributed by atoms with E-state index in [1.54, 1.807) is 24.5 Å². The van der Waals surface area contributed by atoms with Gasteiger partial charge < -0.3 is 5.11 Å². The summed E-state index contributed by atoms with van der Waals surface area (Å²) in [6.07, 6.45) is 3.20. The van der Waals surface area contributed by atoms with Gasteiger partial charge in [-0.25, -0.2) is 9.78 Å². The standard InChI is InChI=1S/C15H9N3O4S/c19-15(20)13-12(9-1-3-11(4-2-9)18(21)22)17-14(23-13)10-5-7-16-8-6-10/h1-8H,(H,19,20). The molecule has 2 heterocycles. The molecule has 0 fully saturated rings. The van der Waals surface area contributed by atoms with Crippen LogP contribution in [0.1, 0.15) is 9.67 Å². The van der Waals surface area contributed by atoms with Crippen LogP contribution in [0.5, 0.6) is 0 Å². The molecule has 7 nitrogen and oxygen atoms in total. The highest BCUT2D eigenvalue weighted by Crippen LogP contribution is 2.34. The fraction of sp³-hybridized carbons (Fsp3) is 0. The number of aromatic nitrogens is 2. The Bertz CT molecular complexity index is 875. The highest BCUT2D eigenvalue weighted by molar-refractivity contribution is 7.17. The third kappa shape index (κ3) is 2.92. The van der Waals surface area contributed by atoms with Crippen LogP contribution in [0.25, 0.3) is 21.8 Å². The second-order valence-corrected chi connectivity index (χ2v) is 5.54. The maximum Gasteiger partial charge on any atom is 0.348 e. The van der Waals surface area contributed by atoms with Gasteiger partial charge in [0.05, 0.1) is 10.6 Å². The minimum atomic E-state index is -1.09. The van der Waals surface area contributed by atoms with Gasteiger partial charge >= 0.3 is 5.97 Å². The molecule has 1 N–H and O–H groups in total. The molecular formula is C15H9N3O4S. The van der Waals surface area contributed by atoms with Gasteiger partial charge in [0, 0.05) is 35.7 Å². The second-order valence-electron chi connectivity index (χ2n) is 4.54. The highest BCUT2D eigenvalue weighted by atomic mass is 32.1. The van der Waals surface area contributed by atoms with Crippen molar-refractivity contribution in [3.8, 4) is 21.8 Å². The molecular weight excluding hydrogens is 318 g/mol. The van der Waals surface area contributed by atoms with Crippen molar-refractivity contribution in [3.63, 3.8) is 0 Å². The minimum Gasteiger partial charge on any atom is -0.477 e. The van der Waals surface area contributed by atoms with E-state index < -0.39 is 10.9 Å². The van der Waals surface area contributed by atoms with Crippen molar-refractivity contribution >= 4 is 23.0 Å². The number of nitrogens with zero attached hydrogens (tertiary/aromatic N) is 3. The van der Waals surface area contributed by atoms with E-state index in [2.05, 4.69) is 9.97 Å². The lowest BCUT2D eigenvalue weighted by Gasteiger charge is -1.98. The summed E-state index contributed by atoms with van der Waals surface area (Å²) >= 11 is 1.05. The summed E-state index contributed by atoms with van der Waals surface area (Å²) < 4.78 is 0. The van der Waals surface area contributed by atoms with Crippen LogP contribution < -0.4 is 0 Å². The molecule has 0 radical (unpaired) electrons. The molecule has 8 heteroatoms. The number of benzene rings is 1. The first-order chi connectivity index (χ1) is 11.1. The zero-order valence-corrected chi connectivity index (χ0v) is 12.4. The number of pyridine rings is 1. The van der Waals surface area contributed by atoms with E-state index in [1.807, 2.05) is 0 Å². The molecule has 0 bridgehead atoms. The summed E-state index contributed by atoms with van der Waals surface area (Å²) in [4.78, 5) is 30.1. The van der Waals surface area contributed by atoms with Gasteiger partial charge in [-0.15, -0.1) is 11.3 Å². The van der Waals surface area contributed by atoms with E-state index in [1.165, 1.54) is 24.3 Å². The van der Waals surface area contributed by atoms with Crippen LogP contribution in [0.4, 0.5) is 5.69 Å². The Labute approximate surface area is 134 Å². The van der Waals surface area contributed by atoms with Gasteiger partial charge in [0.15, 0.2) is 0 Å². The first-order valence-corrected chi connectivity index (χ1v) is 7.27. The average Bonchev–Trinajstić information content (AvgIpc) is 3.01. The SMILES string of the molecule is O=C(O)c1sc(-c2ccncc2)nc1-c1ccc([N+](=O)[O-])cc1. The largest absolute Gasteiger partial charge is 0.477 e. The summed E-state index contributed by atoms with van der Waals surface area (Å²) in [5.41, 5.74) is 1.52. The summed E-state index contributed by atoms with van der Waals surface area (Å²) in [5, 5.41) is 20.6. The third-order valence-corrected chi connectivity index (χ3v) is 4.19. The van der Waals surface area contributed by atoms with Crippen molar-refractivity contribution in [1.82, 2.24) is 9.97 Å². The number of carboxylic acid groups (broad SMARTS) is 1. The lowest BCUT2D eigenvalue weighted by atomic mass is 10.1. The maximum absolute atomic E-state index is 11.5. The molecule has 0 amide bonds.